The van der Waals surface area contributed by atoms with Gasteiger partial charge in [-0.15, -0.1) is 0 Å². The van der Waals surface area contributed by atoms with Crippen molar-refractivity contribution in [3.8, 4) is 0 Å². The molecular formula is C16H22ClN3O5S. The van der Waals surface area contributed by atoms with Crippen LogP contribution in [0, 0.1) is 0 Å². The molecule has 0 radical (unpaired) electrons. The number of benzene rings is 1. The number of rotatable bonds is 4. The lowest BCUT2D eigenvalue weighted by Crippen LogP contribution is -2.46. The second-order valence-electron chi connectivity index (χ2n) is 6.13. The Morgan fingerprint density at radius 1 is 1.27 bits per heavy atom. The average Bonchev–Trinajstić information content (AvgIpc) is 2.61. The minimum absolute atomic E-state index is 0.00226. The number of hydrogen-bond donors (Lipinski definition) is 1. The number of nitrogens with zero attached hydrogens (tertiary/aromatic N) is 2. The second-order valence-corrected chi connectivity index (χ2v) is 8.69. The number of methoxy groups -OCH3 is 1. The van der Waals surface area contributed by atoms with Gasteiger partial charge in [-0.2, -0.15) is 0 Å². The first-order valence-electron chi connectivity index (χ1n) is 8.02. The van der Waals surface area contributed by atoms with Gasteiger partial charge >= 0.3 is 6.09 Å². The third kappa shape index (κ3) is 4.46. The molecule has 0 atom stereocenters. The maximum absolute atomic E-state index is 12.5. The highest BCUT2D eigenvalue weighted by atomic mass is 35.5. The molecule has 1 N–H and O–H groups in total. The Labute approximate surface area is 158 Å². The van der Waals surface area contributed by atoms with E-state index in [1.54, 1.807) is 4.90 Å². The van der Waals surface area contributed by atoms with Crippen molar-refractivity contribution >= 4 is 33.6 Å². The maximum atomic E-state index is 12.5. The van der Waals surface area contributed by atoms with E-state index in [0.29, 0.717) is 25.9 Å². The van der Waals surface area contributed by atoms with Crippen LogP contribution in [0.15, 0.2) is 23.1 Å². The smallest absolute Gasteiger partial charge is 0.409 e. The van der Waals surface area contributed by atoms with E-state index in [9.17, 15) is 18.0 Å². The number of sulfonamides is 1. The van der Waals surface area contributed by atoms with Crippen LogP contribution in [0.25, 0.3) is 0 Å². The molecule has 1 fully saturated rings. The molecular weight excluding hydrogens is 382 g/mol. The molecule has 1 aromatic rings. The molecule has 10 heteroatoms. The van der Waals surface area contributed by atoms with Gasteiger partial charge in [0.15, 0.2) is 0 Å². The maximum Gasteiger partial charge on any atom is 0.409 e. The molecule has 0 bridgehead atoms. The number of amides is 2. The monoisotopic (exact) mass is 403 g/mol. The second kappa shape index (κ2) is 8.24. The summed E-state index contributed by atoms with van der Waals surface area (Å²) in [7, 11) is 0.491. The van der Waals surface area contributed by atoms with Gasteiger partial charge < -0.3 is 15.0 Å². The van der Waals surface area contributed by atoms with E-state index < -0.39 is 15.9 Å². The number of carbonyl (C=O) groups excluding carboxylic acids is 2. The number of likely N-dealkylation sites (tertiary alicyclic amines) is 1. The van der Waals surface area contributed by atoms with Crippen molar-refractivity contribution < 1.29 is 22.7 Å². The van der Waals surface area contributed by atoms with Gasteiger partial charge in [0, 0.05) is 33.2 Å². The minimum atomic E-state index is -3.67. The largest absolute Gasteiger partial charge is 0.453 e. The van der Waals surface area contributed by atoms with Crippen LogP contribution in [0.5, 0.6) is 0 Å². The zero-order valence-corrected chi connectivity index (χ0v) is 16.4. The highest BCUT2D eigenvalue weighted by Crippen LogP contribution is 2.23. The van der Waals surface area contributed by atoms with E-state index in [1.807, 2.05) is 0 Å². The average molecular weight is 404 g/mol. The lowest BCUT2D eigenvalue weighted by molar-refractivity contribution is 0.0892. The van der Waals surface area contributed by atoms with Crippen molar-refractivity contribution in [1.82, 2.24) is 14.5 Å². The first kappa shape index (κ1) is 20.5. The standard InChI is InChI=1S/C16H22ClN3O5S/c1-19(2)26(23,24)12-4-5-14(17)13(10-12)15(21)18-11-6-8-20(9-7-11)16(22)25-3/h4-5,10-11H,6-9H2,1-3H3,(H,18,21). The molecule has 1 aliphatic rings. The molecule has 1 saturated heterocycles. The summed E-state index contributed by atoms with van der Waals surface area (Å²) in [6.45, 7) is 0.945. The molecule has 8 nitrogen and oxygen atoms in total. The Kier molecular flexibility index (Phi) is 6.48. The molecule has 2 amide bonds. The van der Waals surface area contributed by atoms with E-state index in [2.05, 4.69) is 10.1 Å². The Morgan fingerprint density at radius 3 is 2.42 bits per heavy atom. The lowest BCUT2D eigenvalue weighted by Gasteiger charge is -2.31. The van der Waals surface area contributed by atoms with Crippen molar-refractivity contribution in [3.05, 3.63) is 28.8 Å². The van der Waals surface area contributed by atoms with Gasteiger partial charge in [-0.05, 0) is 31.0 Å². The van der Waals surface area contributed by atoms with E-state index >= 15 is 0 Å². The predicted octanol–water partition coefficient (Wildman–Crippen LogP) is 1.55. The summed E-state index contributed by atoms with van der Waals surface area (Å²) in [5.41, 5.74) is 0.102. The zero-order valence-electron chi connectivity index (χ0n) is 14.9. The van der Waals surface area contributed by atoms with Gasteiger partial charge in [0.1, 0.15) is 0 Å². The molecule has 0 aliphatic carbocycles. The van der Waals surface area contributed by atoms with E-state index in [1.165, 1.54) is 39.4 Å². The number of hydrogen-bond acceptors (Lipinski definition) is 5. The minimum Gasteiger partial charge on any atom is -0.453 e. The van der Waals surface area contributed by atoms with Gasteiger partial charge in [-0.3, -0.25) is 4.79 Å². The third-order valence-corrected chi connectivity index (χ3v) is 6.36. The molecule has 0 aromatic heterocycles. The van der Waals surface area contributed by atoms with Crippen LogP contribution >= 0.6 is 11.6 Å². The van der Waals surface area contributed by atoms with Crippen molar-refractivity contribution in [1.29, 1.82) is 0 Å². The summed E-state index contributed by atoms with van der Waals surface area (Å²) >= 11 is 6.08. The van der Waals surface area contributed by atoms with Crippen LogP contribution in [0.2, 0.25) is 5.02 Å². The summed E-state index contributed by atoms with van der Waals surface area (Å²) in [6.07, 6.45) is 0.766. The van der Waals surface area contributed by atoms with Gasteiger partial charge in [0.05, 0.1) is 22.6 Å². The number of nitrogens with one attached hydrogen (secondary N) is 1. The molecule has 26 heavy (non-hydrogen) atoms. The summed E-state index contributed by atoms with van der Waals surface area (Å²) < 4.78 is 30.2. The zero-order chi connectivity index (χ0) is 19.5. The Balaban J connectivity index is 2.10. The molecule has 2 rings (SSSR count). The molecule has 1 heterocycles. The lowest BCUT2D eigenvalue weighted by atomic mass is 10.0. The molecule has 144 valence electrons. The van der Waals surface area contributed by atoms with Gasteiger partial charge in [0.25, 0.3) is 5.91 Å². The van der Waals surface area contributed by atoms with Crippen LogP contribution in [0.4, 0.5) is 4.79 Å². The molecule has 1 aliphatic heterocycles. The van der Waals surface area contributed by atoms with Gasteiger partial charge in [0.2, 0.25) is 10.0 Å². The third-order valence-electron chi connectivity index (χ3n) is 4.22. The fraction of sp³-hybridized carbons (Fsp3) is 0.500. The SMILES string of the molecule is COC(=O)N1CCC(NC(=O)c2cc(S(=O)(=O)N(C)C)ccc2Cl)CC1. The summed E-state index contributed by atoms with van der Waals surface area (Å²) in [5.74, 6) is -0.442. The van der Waals surface area contributed by atoms with Gasteiger partial charge in [-0.1, -0.05) is 11.6 Å². The highest BCUT2D eigenvalue weighted by molar-refractivity contribution is 7.89. The number of piperidine rings is 1. The normalized spacial score (nSPS) is 15.8. The van der Waals surface area contributed by atoms with Crippen LogP contribution in [0.1, 0.15) is 23.2 Å². The molecule has 0 spiro atoms. The van der Waals surface area contributed by atoms with Gasteiger partial charge in [-0.25, -0.2) is 17.5 Å². The number of ether oxygens (including phenoxy) is 1. The van der Waals surface area contributed by atoms with E-state index in [4.69, 9.17) is 11.6 Å². The van der Waals surface area contributed by atoms with E-state index in [-0.39, 0.29) is 27.6 Å². The molecule has 1 aromatic carbocycles. The quantitative estimate of drug-likeness (QED) is 0.822. The van der Waals surface area contributed by atoms with Crippen LogP contribution in [-0.2, 0) is 14.8 Å². The fourth-order valence-corrected chi connectivity index (χ4v) is 3.78. The fourth-order valence-electron chi connectivity index (χ4n) is 2.65. The Hall–Kier alpha value is -1.84. The van der Waals surface area contributed by atoms with Crippen LogP contribution < -0.4 is 5.32 Å². The van der Waals surface area contributed by atoms with Crippen molar-refractivity contribution in [2.45, 2.75) is 23.8 Å². The van der Waals surface area contributed by atoms with Crippen molar-refractivity contribution in [3.63, 3.8) is 0 Å². The summed E-state index contributed by atoms with van der Waals surface area (Å²) in [4.78, 5) is 25.6. The number of halogens is 1. The van der Waals surface area contributed by atoms with Crippen LogP contribution in [-0.4, -0.2) is 70.0 Å². The topological polar surface area (TPSA) is 96.0 Å². The first-order valence-corrected chi connectivity index (χ1v) is 9.84. The summed E-state index contributed by atoms with van der Waals surface area (Å²) in [6, 6.07) is 3.90. The predicted molar refractivity (Wildman–Crippen MR) is 96.8 cm³/mol. The first-order chi connectivity index (χ1) is 12.2. The number of carbonyl (C=O) groups is 2. The van der Waals surface area contributed by atoms with Crippen LogP contribution in [0.3, 0.4) is 0 Å². The molecule has 0 saturated carbocycles. The summed E-state index contributed by atoms with van der Waals surface area (Å²) in [5, 5.41) is 3.02. The molecule has 0 unspecified atom stereocenters. The van der Waals surface area contributed by atoms with Crippen molar-refractivity contribution in [2.24, 2.45) is 0 Å². The van der Waals surface area contributed by atoms with E-state index in [0.717, 1.165) is 4.31 Å². The Bertz CT molecular complexity index is 789. The highest BCUT2D eigenvalue weighted by Gasteiger charge is 2.26. The Morgan fingerprint density at radius 2 is 1.88 bits per heavy atom. The van der Waals surface area contributed by atoms with Crippen molar-refractivity contribution in [2.75, 3.05) is 34.3 Å².